The van der Waals surface area contributed by atoms with Gasteiger partial charge in [-0.2, -0.15) is 0 Å². The van der Waals surface area contributed by atoms with Crippen molar-refractivity contribution in [2.75, 3.05) is 19.8 Å². The van der Waals surface area contributed by atoms with Gasteiger partial charge in [-0.15, -0.1) is 0 Å². The topological polar surface area (TPSA) is 102 Å². The van der Waals surface area contributed by atoms with Crippen LogP contribution in [0.5, 0.6) is 0 Å². The molecular weight excluding hydrogens is 340 g/mol. The normalized spacial score (nSPS) is 13.6. The molecule has 1 atom stereocenters. The molecule has 1 rings (SSSR count). The van der Waals surface area contributed by atoms with Gasteiger partial charge in [-0.05, 0) is 27.2 Å². The third kappa shape index (κ3) is 17.9. The summed E-state index contributed by atoms with van der Waals surface area (Å²) in [6.45, 7) is 18.4. The fourth-order valence-corrected chi connectivity index (χ4v) is 0.889. The van der Waals surface area contributed by atoms with Crippen molar-refractivity contribution in [1.82, 2.24) is 0 Å². The van der Waals surface area contributed by atoms with Gasteiger partial charge < -0.3 is 19.3 Å². The molecule has 0 spiro atoms. The molecule has 0 aromatic heterocycles. The second-order valence-corrected chi connectivity index (χ2v) is 5.69. The Bertz CT molecular complexity index is 504. The molecule has 0 bridgehead atoms. The highest BCUT2D eigenvalue weighted by atomic mass is 16.6. The summed E-state index contributed by atoms with van der Waals surface area (Å²) in [5.41, 5.74) is 1.08. The fraction of sp³-hybridized carbons (Fsp3) is 0.526. The van der Waals surface area contributed by atoms with E-state index in [9.17, 15) is 14.4 Å². The largest absolute Gasteiger partial charge is 0.478 e. The van der Waals surface area contributed by atoms with Crippen LogP contribution in [0.15, 0.2) is 36.5 Å². The minimum atomic E-state index is -0.935. The van der Waals surface area contributed by atoms with Crippen LogP contribution in [0.25, 0.3) is 0 Å². The molecule has 26 heavy (non-hydrogen) atoms. The lowest BCUT2D eigenvalue weighted by Gasteiger charge is -2.01. The number of rotatable bonds is 8. The van der Waals surface area contributed by atoms with E-state index in [1.165, 1.54) is 6.92 Å². The van der Waals surface area contributed by atoms with Crippen molar-refractivity contribution in [3.8, 4) is 0 Å². The number of carboxylic acid groups (broad SMARTS) is 1. The Morgan fingerprint density at radius 1 is 1.00 bits per heavy atom. The number of ether oxygens (including phenoxy) is 3. The molecule has 1 fully saturated rings. The van der Waals surface area contributed by atoms with E-state index in [1.807, 2.05) is 0 Å². The zero-order valence-corrected chi connectivity index (χ0v) is 16.1. The van der Waals surface area contributed by atoms with Gasteiger partial charge in [0, 0.05) is 16.7 Å². The Morgan fingerprint density at radius 3 is 1.73 bits per heavy atom. The number of carboxylic acids is 1. The van der Waals surface area contributed by atoms with Crippen molar-refractivity contribution in [3.05, 3.63) is 36.5 Å². The van der Waals surface area contributed by atoms with Gasteiger partial charge in [-0.25, -0.2) is 14.4 Å². The molecule has 7 heteroatoms. The predicted octanol–water partition coefficient (Wildman–Crippen LogP) is 3.06. The second kappa shape index (κ2) is 14.9. The Balaban J connectivity index is 0. The molecule has 1 N–H and O–H groups in total. The van der Waals surface area contributed by atoms with Crippen molar-refractivity contribution < 1.29 is 33.7 Å². The summed E-state index contributed by atoms with van der Waals surface area (Å²) in [4.78, 5) is 31.0. The summed E-state index contributed by atoms with van der Waals surface area (Å²) >= 11 is 0. The first-order valence-electron chi connectivity index (χ1n) is 8.18. The first-order chi connectivity index (χ1) is 12.0. The Morgan fingerprint density at radius 2 is 1.42 bits per heavy atom. The number of carbonyl (C=O) groups excluding carboxylic acids is 2. The van der Waals surface area contributed by atoms with Crippen LogP contribution in [0, 0.1) is 0 Å². The Kier molecular flexibility index (Phi) is 14.8. The summed E-state index contributed by atoms with van der Waals surface area (Å²) in [6.07, 6.45) is 2.12. The SMILES string of the molecule is C=C(C)C(=O)O.C=C(C)C(=O)OCC1CO1.C=C(C)C(=O)OCCCC. The summed E-state index contributed by atoms with van der Waals surface area (Å²) in [6, 6.07) is 0. The molecule has 1 heterocycles. The average molecular weight is 370 g/mol. The van der Waals surface area contributed by atoms with E-state index in [2.05, 4.69) is 26.7 Å². The van der Waals surface area contributed by atoms with E-state index < -0.39 is 5.97 Å². The minimum absolute atomic E-state index is 0.142. The number of hydrogen-bond acceptors (Lipinski definition) is 6. The van der Waals surface area contributed by atoms with Crippen LogP contribution in [-0.4, -0.2) is 48.9 Å². The van der Waals surface area contributed by atoms with Gasteiger partial charge in [-0.1, -0.05) is 33.1 Å². The molecule has 1 unspecified atom stereocenters. The maximum absolute atomic E-state index is 10.7. The molecule has 0 amide bonds. The van der Waals surface area contributed by atoms with Crippen LogP contribution in [0.1, 0.15) is 40.5 Å². The fourth-order valence-electron chi connectivity index (χ4n) is 0.889. The van der Waals surface area contributed by atoms with Crippen molar-refractivity contribution >= 4 is 17.9 Å². The van der Waals surface area contributed by atoms with Crippen molar-refractivity contribution in [3.63, 3.8) is 0 Å². The van der Waals surface area contributed by atoms with E-state index in [0.29, 0.717) is 31.0 Å². The molecule has 1 saturated heterocycles. The molecule has 1 aliphatic rings. The molecule has 0 saturated carbocycles. The van der Waals surface area contributed by atoms with Crippen molar-refractivity contribution in [2.45, 2.75) is 46.6 Å². The van der Waals surface area contributed by atoms with Crippen LogP contribution in [0.4, 0.5) is 0 Å². The zero-order chi connectivity index (χ0) is 20.7. The van der Waals surface area contributed by atoms with Crippen LogP contribution in [-0.2, 0) is 28.6 Å². The lowest BCUT2D eigenvalue weighted by Crippen LogP contribution is -2.09. The van der Waals surface area contributed by atoms with E-state index in [1.54, 1.807) is 13.8 Å². The van der Waals surface area contributed by atoms with Crippen molar-refractivity contribution in [1.29, 1.82) is 0 Å². The smallest absolute Gasteiger partial charge is 0.333 e. The Hall–Kier alpha value is -2.41. The Labute approximate surface area is 155 Å². The van der Waals surface area contributed by atoms with Gasteiger partial charge in [0.05, 0.1) is 13.2 Å². The van der Waals surface area contributed by atoms with E-state index in [-0.39, 0.29) is 23.6 Å². The van der Waals surface area contributed by atoms with E-state index in [0.717, 1.165) is 12.8 Å². The predicted molar refractivity (Wildman–Crippen MR) is 98.6 cm³/mol. The first-order valence-corrected chi connectivity index (χ1v) is 8.18. The lowest BCUT2D eigenvalue weighted by atomic mass is 10.3. The molecule has 0 aliphatic carbocycles. The van der Waals surface area contributed by atoms with Crippen LogP contribution in [0.3, 0.4) is 0 Å². The second-order valence-electron chi connectivity index (χ2n) is 5.69. The van der Waals surface area contributed by atoms with Gasteiger partial charge in [0.2, 0.25) is 0 Å². The van der Waals surface area contributed by atoms with Crippen LogP contribution in [0.2, 0.25) is 0 Å². The number of epoxide rings is 1. The number of aliphatic carboxylic acids is 1. The standard InChI is InChI=1S/C8H14O2.C7H10O3.C4H6O2/c1-4-5-6-10-8(9)7(2)3;1-5(2)7(8)10-4-6-3-9-6;1-3(2)4(5)6/h2,4-6H2,1,3H3;6H,1,3-4H2,2H3;1H2,2H3,(H,5,6). The zero-order valence-electron chi connectivity index (χ0n) is 16.1. The highest BCUT2D eigenvalue weighted by Gasteiger charge is 2.24. The lowest BCUT2D eigenvalue weighted by molar-refractivity contribution is -0.140. The molecule has 1 aliphatic heterocycles. The summed E-state index contributed by atoms with van der Waals surface area (Å²) in [5, 5.41) is 7.89. The number of esters is 2. The van der Waals surface area contributed by atoms with Gasteiger partial charge in [0.1, 0.15) is 12.7 Å². The number of unbranched alkanes of at least 4 members (excludes halogenated alkanes) is 1. The van der Waals surface area contributed by atoms with Crippen LogP contribution < -0.4 is 0 Å². The molecular formula is C19H30O7. The number of carbonyl (C=O) groups is 3. The maximum atomic E-state index is 10.7. The highest BCUT2D eigenvalue weighted by Crippen LogP contribution is 2.09. The maximum Gasteiger partial charge on any atom is 0.333 e. The molecule has 148 valence electrons. The average Bonchev–Trinajstić information content (AvgIpc) is 3.37. The summed E-state index contributed by atoms with van der Waals surface area (Å²) in [7, 11) is 0. The van der Waals surface area contributed by atoms with Gasteiger partial charge >= 0.3 is 17.9 Å². The number of hydrogen-bond donors (Lipinski definition) is 1. The molecule has 0 aromatic carbocycles. The quantitative estimate of drug-likeness (QED) is 0.303. The van der Waals surface area contributed by atoms with Gasteiger partial charge in [0.15, 0.2) is 0 Å². The molecule has 0 radical (unpaired) electrons. The van der Waals surface area contributed by atoms with Crippen LogP contribution >= 0.6 is 0 Å². The third-order valence-corrected chi connectivity index (χ3v) is 2.60. The van der Waals surface area contributed by atoms with Crippen molar-refractivity contribution in [2.24, 2.45) is 0 Å². The van der Waals surface area contributed by atoms with Gasteiger partial charge in [-0.3, -0.25) is 0 Å². The van der Waals surface area contributed by atoms with E-state index >= 15 is 0 Å². The summed E-state index contributed by atoms with van der Waals surface area (Å²) in [5.74, 6) is -1.56. The summed E-state index contributed by atoms with van der Waals surface area (Å²) < 4.78 is 14.4. The third-order valence-electron chi connectivity index (χ3n) is 2.60. The minimum Gasteiger partial charge on any atom is -0.478 e. The molecule has 7 nitrogen and oxygen atoms in total. The van der Waals surface area contributed by atoms with Gasteiger partial charge in [0.25, 0.3) is 0 Å². The highest BCUT2D eigenvalue weighted by molar-refractivity contribution is 5.87. The first kappa shape index (κ1) is 25.8. The molecule has 0 aromatic rings. The monoisotopic (exact) mass is 370 g/mol. The van der Waals surface area contributed by atoms with E-state index in [4.69, 9.17) is 19.3 Å².